The first-order valence-corrected chi connectivity index (χ1v) is 15.5. The molecule has 10 nitrogen and oxygen atoms in total. The summed E-state index contributed by atoms with van der Waals surface area (Å²) in [6.07, 6.45) is 3.94. The summed E-state index contributed by atoms with van der Waals surface area (Å²) in [5.41, 5.74) is 7.56. The third kappa shape index (κ3) is 6.79. The molecule has 2 amide bonds. The van der Waals surface area contributed by atoms with Gasteiger partial charge in [-0.2, -0.15) is 0 Å². The van der Waals surface area contributed by atoms with Crippen LogP contribution in [0.5, 0.6) is 0 Å². The molecule has 222 valence electrons. The molecule has 2 aliphatic heterocycles. The lowest BCUT2D eigenvalue weighted by atomic mass is 9.89. The van der Waals surface area contributed by atoms with Gasteiger partial charge in [0.05, 0.1) is 22.3 Å². The highest BCUT2D eigenvalue weighted by Gasteiger charge is 2.39. The zero-order chi connectivity index (χ0) is 29.6. The number of rotatable bonds is 10. The summed E-state index contributed by atoms with van der Waals surface area (Å²) in [6.45, 7) is 1.77. The number of aromatic nitrogens is 1. The number of benzene rings is 2. The van der Waals surface area contributed by atoms with E-state index in [2.05, 4.69) is 15.6 Å². The van der Waals surface area contributed by atoms with E-state index in [-0.39, 0.29) is 29.5 Å². The minimum atomic E-state index is -0.795. The maximum absolute atomic E-state index is 13.9. The standard InChI is InChI=1S/C31H39N7O3S/c1-34-24(17-20-9-3-2-4-10-20)30(41)38-16-8-13-25(38)28(40)35-23(18-21-11-7-15-37(19-21)31(32)33)27(39)29-36-22-12-5-6-14-26(22)42-29/h2-6,9-10,12,14,21,23-25,34H,7-8,11,13,15-19H2,1H3,(H3,32,33)(H,35,40)/t21-,23+,24+,25-/m0/s1. The molecule has 3 aromatic rings. The Morgan fingerprint density at radius 1 is 1.05 bits per heavy atom. The van der Waals surface area contributed by atoms with Crippen LogP contribution < -0.4 is 16.4 Å². The zero-order valence-electron chi connectivity index (χ0n) is 23.9. The highest BCUT2D eigenvalue weighted by molar-refractivity contribution is 7.20. The molecular formula is C31H39N7O3S. The number of carbonyl (C=O) groups is 3. The minimum absolute atomic E-state index is 0.0208. The van der Waals surface area contributed by atoms with Crippen molar-refractivity contribution in [1.82, 2.24) is 25.4 Å². The number of nitrogens with zero attached hydrogens (tertiary/aromatic N) is 3. The largest absolute Gasteiger partial charge is 0.370 e. The number of nitrogens with one attached hydrogen (secondary N) is 3. The van der Waals surface area contributed by atoms with Crippen molar-refractivity contribution in [1.29, 1.82) is 5.41 Å². The second-order valence-corrected chi connectivity index (χ2v) is 12.2. The number of guanidine groups is 1. The fraction of sp³-hybridized carbons (Fsp3) is 0.452. The van der Waals surface area contributed by atoms with Gasteiger partial charge in [-0.1, -0.05) is 42.5 Å². The molecule has 3 heterocycles. The summed E-state index contributed by atoms with van der Waals surface area (Å²) in [5, 5.41) is 14.4. The highest BCUT2D eigenvalue weighted by Crippen LogP contribution is 2.27. The quantitative estimate of drug-likeness (QED) is 0.162. The number of ketones is 1. The molecule has 0 radical (unpaired) electrons. The Morgan fingerprint density at radius 3 is 2.52 bits per heavy atom. The van der Waals surface area contributed by atoms with Crippen LogP contribution in [-0.4, -0.2) is 83.1 Å². The van der Waals surface area contributed by atoms with Crippen molar-refractivity contribution in [3.63, 3.8) is 0 Å². The van der Waals surface area contributed by atoms with Gasteiger partial charge in [0.15, 0.2) is 11.0 Å². The van der Waals surface area contributed by atoms with Crippen LogP contribution in [0.2, 0.25) is 0 Å². The predicted octanol–water partition coefficient (Wildman–Crippen LogP) is 2.78. The molecule has 0 unspecified atom stereocenters. The van der Waals surface area contributed by atoms with Crippen LogP contribution >= 0.6 is 11.3 Å². The van der Waals surface area contributed by atoms with E-state index < -0.39 is 18.1 Å². The predicted molar refractivity (Wildman–Crippen MR) is 164 cm³/mol. The second-order valence-electron chi connectivity index (χ2n) is 11.2. The van der Waals surface area contributed by atoms with Crippen molar-refractivity contribution in [2.45, 2.75) is 56.7 Å². The molecule has 11 heteroatoms. The van der Waals surface area contributed by atoms with Crippen molar-refractivity contribution in [2.75, 3.05) is 26.7 Å². The molecule has 5 N–H and O–H groups in total. The van der Waals surface area contributed by atoms with E-state index in [0.717, 1.165) is 35.0 Å². The van der Waals surface area contributed by atoms with Crippen LogP contribution in [0.3, 0.4) is 0 Å². The Hall–Kier alpha value is -3.83. The van der Waals surface area contributed by atoms with Crippen LogP contribution in [0.1, 0.15) is 47.5 Å². The molecular weight excluding hydrogens is 550 g/mol. The van der Waals surface area contributed by atoms with Gasteiger partial charge in [-0.3, -0.25) is 19.8 Å². The van der Waals surface area contributed by atoms with Crippen LogP contribution in [0.25, 0.3) is 10.2 Å². The van der Waals surface area contributed by atoms with Crippen LogP contribution in [-0.2, 0) is 16.0 Å². The third-order valence-electron chi connectivity index (χ3n) is 8.33. The van der Waals surface area contributed by atoms with Crippen molar-refractivity contribution >= 4 is 45.1 Å². The second kappa shape index (κ2) is 13.4. The van der Waals surface area contributed by atoms with Gasteiger partial charge in [0.25, 0.3) is 0 Å². The first-order valence-electron chi connectivity index (χ1n) is 14.6. The fourth-order valence-electron chi connectivity index (χ4n) is 6.10. The lowest BCUT2D eigenvalue weighted by Crippen LogP contribution is -2.55. The smallest absolute Gasteiger partial charge is 0.243 e. The van der Waals surface area contributed by atoms with Gasteiger partial charge in [-0.25, -0.2) is 4.98 Å². The van der Waals surface area contributed by atoms with Gasteiger partial charge in [0.2, 0.25) is 17.6 Å². The van der Waals surface area contributed by atoms with Crippen molar-refractivity contribution < 1.29 is 14.4 Å². The van der Waals surface area contributed by atoms with E-state index in [4.69, 9.17) is 11.1 Å². The summed E-state index contributed by atoms with van der Waals surface area (Å²) in [6, 6.07) is 15.5. The highest BCUT2D eigenvalue weighted by atomic mass is 32.1. The normalized spacial score (nSPS) is 20.3. The number of hydrogen-bond donors (Lipinski definition) is 4. The molecule has 42 heavy (non-hydrogen) atoms. The molecule has 2 fully saturated rings. The number of likely N-dealkylation sites (N-methyl/N-ethyl adjacent to an activating group) is 1. The van der Waals surface area contributed by atoms with E-state index in [1.807, 2.05) is 59.5 Å². The maximum atomic E-state index is 13.9. The van der Waals surface area contributed by atoms with E-state index in [0.29, 0.717) is 43.9 Å². The summed E-state index contributed by atoms with van der Waals surface area (Å²) in [7, 11) is 1.76. The van der Waals surface area contributed by atoms with E-state index in [9.17, 15) is 14.4 Å². The van der Waals surface area contributed by atoms with Crippen molar-refractivity contribution in [3.8, 4) is 0 Å². The van der Waals surface area contributed by atoms with Gasteiger partial charge in [0, 0.05) is 19.6 Å². The average Bonchev–Trinajstić information content (AvgIpc) is 3.67. The van der Waals surface area contributed by atoms with Crippen molar-refractivity contribution in [2.24, 2.45) is 11.7 Å². The lowest BCUT2D eigenvalue weighted by Gasteiger charge is -2.35. The number of fused-ring (bicyclic) bond motifs is 1. The first kappa shape index (κ1) is 29.7. The van der Waals surface area contributed by atoms with E-state index in [1.54, 1.807) is 11.9 Å². The summed E-state index contributed by atoms with van der Waals surface area (Å²) in [5.74, 6) is -0.552. The Kier molecular flexibility index (Phi) is 9.48. The number of piperidine rings is 1. The van der Waals surface area contributed by atoms with E-state index >= 15 is 0 Å². The topological polar surface area (TPSA) is 145 Å². The van der Waals surface area contributed by atoms with Crippen LogP contribution in [0.4, 0.5) is 0 Å². The van der Waals surface area contributed by atoms with Crippen LogP contribution in [0, 0.1) is 11.3 Å². The van der Waals surface area contributed by atoms with Gasteiger partial charge >= 0.3 is 0 Å². The summed E-state index contributed by atoms with van der Waals surface area (Å²) >= 11 is 1.32. The molecule has 2 aromatic carbocycles. The Labute approximate surface area is 250 Å². The lowest BCUT2D eigenvalue weighted by molar-refractivity contribution is -0.140. The van der Waals surface area contributed by atoms with Crippen LogP contribution in [0.15, 0.2) is 54.6 Å². The molecule has 2 saturated heterocycles. The summed E-state index contributed by atoms with van der Waals surface area (Å²) < 4.78 is 0.912. The average molecular weight is 590 g/mol. The first-order chi connectivity index (χ1) is 20.3. The number of nitrogens with two attached hydrogens (primary N) is 1. The SMILES string of the molecule is CN[C@H](Cc1ccccc1)C(=O)N1CCC[C@H]1C(=O)N[C@H](C[C@@H]1CCCN(C(=N)N)C1)C(=O)c1nc2ccccc2s1. The zero-order valence-corrected chi connectivity index (χ0v) is 24.7. The van der Waals surface area contributed by atoms with Gasteiger partial charge in [-0.15, -0.1) is 11.3 Å². The van der Waals surface area contributed by atoms with Gasteiger partial charge < -0.3 is 26.2 Å². The Bertz CT molecular complexity index is 1400. The molecule has 0 spiro atoms. The molecule has 0 bridgehead atoms. The maximum Gasteiger partial charge on any atom is 0.243 e. The third-order valence-corrected chi connectivity index (χ3v) is 9.39. The molecule has 1 aromatic heterocycles. The number of carbonyl (C=O) groups excluding carboxylic acids is 3. The fourth-order valence-corrected chi connectivity index (χ4v) is 7.06. The number of Topliss-reactive ketones (excluding diaryl/α,β-unsaturated/α-hetero) is 1. The Balaban J connectivity index is 1.33. The van der Waals surface area contributed by atoms with Gasteiger partial charge in [0.1, 0.15) is 6.04 Å². The molecule has 0 saturated carbocycles. The number of likely N-dealkylation sites (tertiary alicyclic amines) is 2. The van der Waals surface area contributed by atoms with Gasteiger partial charge in [-0.05, 0) is 69.2 Å². The number of hydrogen-bond acceptors (Lipinski definition) is 7. The number of thiazole rings is 1. The number of para-hydroxylation sites is 1. The minimum Gasteiger partial charge on any atom is -0.370 e. The molecule has 0 aliphatic carbocycles. The molecule has 4 atom stereocenters. The number of amides is 2. The molecule has 5 rings (SSSR count). The van der Waals surface area contributed by atoms with E-state index in [1.165, 1.54) is 11.3 Å². The summed E-state index contributed by atoms with van der Waals surface area (Å²) in [4.78, 5) is 49.4. The monoisotopic (exact) mass is 589 g/mol. The molecule has 2 aliphatic rings. The van der Waals surface area contributed by atoms with Crippen molar-refractivity contribution in [3.05, 3.63) is 65.2 Å². The Morgan fingerprint density at radius 2 is 1.79 bits per heavy atom.